The maximum absolute atomic E-state index is 13.2. The predicted octanol–water partition coefficient (Wildman–Crippen LogP) is 5.34. The molecule has 0 aromatic heterocycles. The molecule has 3 rings (SSSR count). The first-order valence-corrected chi connectivity index (χ1v) is 10.7. The van der Waals surface area contributed by atoms with E-state index in [1.807, 2.05) is 54.4 Å². The van der Waals surface area contributed by atoms with Crippen LogP contribution >= 0.6 is 0 Å². The van der Waals surface area contributed by atoms with Crippen LogP contribution in [0.15, 0.2) is 66.7 Å². The zero-order chi connectivity index (χ0) is 20.9. The van der Waals surface area contributed by atoms with E-state index in [0.717, 1.165) is 37.7 Å². The lowest BCUT2D eigenvalue weighted by molar-refractivity contribution is -0.133. The zero-order valence-electron chi connectivity index (χ0n) is 18.3. The Morgan fingerprint density at radius 3 is 1.97 bits per heavy atom. The number of likely N-dealkylation sites (N-methyl/N-ethyl adjacent to an activating group) is 1. The molecule has 0 saturated heterocycles. The first-order valence-electron chi connectivity index (χ1n) is 10.7. The van der Waals surface area contributed by atoms with E-state index < -0.39 is 0 Å². The number of carbonyl (C=O) groups excluding carboxylic acids is 1. The molecule has 1 amide bonds. The van der Waals surface area contributed by atoms with Crippen LogP contribution in [0.2, 0.25) is 0 Å². The molecule has 0 atom stereocenters. The van der Waals surface area contributed by atoms with Gasteiger partial charge in [-0.25, -0.2) is 0 Å². The average Bonchev–Trinajstić information content (AvgIpc) is 2.78. The van der Waals surface area contributed by atoms with E-state index in [2.05, 4.69) is 50.2 Å². The molecular formula is C26H34N2O. The molecule has 1 aliphatic rings. The van der Waals surface area contributed by atoms with E-state index in [1.54, 1.807) is 6.08 Å². The van der Waals surface area contributed by atoms with E-state index >= 15 is 0 Å². The largest absolute Gasteiger partial charge is 0.332 e. The van der Waals surface area contributed by atoms with Crippen molar-refractivity contribution in [3.05, 3.63) is 77.9 Å². The lowest BCUT2D eigenvalue weighted by Crippen LogP contribution is -2.55. The van der Waals surface area contributed by atoms with Crippen molar-refractivity contribution in [2.24, 2.45) is 0 Å². The summed E-state index contributed by atoms with van der Waals surface area (Å²) in [6, 6.07) is 20.6. The summed E-state index contributed by atoms with van der Waals surface area (Å²) in [6.45, 7) is 2.28. The van der Waals surface area contributed by atoms with Crippen molar-refractivity contribution in [1.29, 1.82) is 0 Å². The Morgan fingerprint density at radius 2 is 1.45 bits per heavy atom. The second kappa shape index (κ2) is 8.96. The van der Waals surface area contributed by atoms with Gasteiger partial charge in [0.15, 0.2) is 0 Å². The first kappa shape index (κ1) is 21.3. The zero-order valence-corrected chi connectivity index (χ0v) is 18.3. The van der Waals surface area contributed by atoms with Crippen LogP contribution in [0.3, 0.4) is 0 Å². The van der Waals surface area contributed by atoms with Gasteiger partial charge in [-0.1, -0.05) is 67.6 Å². The molecule has 3 nitrogen and oxygen atoms in total. The number of carbonyl (C=O) groups is 1. The smallest absolute Gasteiger partial charge is 0.247 e. The Kier molecular flexibility index (Phi) is 6.59. The average molecular weight is 391 g/mol. The third-order valence-electron chi connectivity index (χ3n) is 7.12. The standard InChI is InChI=1S/C26H34N2O/c1-5-25(27(2)3)18-20-26(21-19-25,23-14-10-7-11-15-23)28(4)24(29)17-16-22-12-8-6-9-13-22/h6-17H,5,18-21H2,1-4H3/b17-16+. The van der Waals surface area contributed by atoms with Crippen LogP contribution in [0.25, 0.3) is 6.08 Å². The highest BCUT2D eigenvalue weighted by atomic mass is 16.2. The highest BCUT2D eigenvalue weighted by Crippen LogP contribution is 2.47. The molecule has 1 aliphatic carbocycles. The van der Waals surface area contributed by atoms with Crippen molar-refractivity contribution in [3.8, 4) is 0 Å². The van der Waals surface area contributed by atoms with Gasteiger partial charge in [-0.2, -0.15) is 0 Å². The summed E-state index contributed by atoms with van der Waals surface area (Å²) in [5, 5.41) is 0. The van der Waals surface area contributed by atoms with Crippen molar-refractivity contribution < 1.29 is 4.79 Å². The van der Waals surface area contributed by atoms with Gasteiger partial charge in [-0.3, -0.25) is 4.79 Å². The van der Waals surface area contributed by atoms with Gasteiger partial charge in [0.1, 0.15) is 0 Å². The summed E-state index contributed by atoms with van der Waals surface area (Å²) < 4.78 is 0. The molecule has 2 aromatic carbocycles. The lowest BCUT2D eigenvalue weighted by Gasteiger charge is -2.52. The minimum atomic E-state index is -0.256. The van der Waals surface area contributed by atoms with Gasteiger partial charge in [0.2, 0.25) is 5.91 Å². The highest BCUT2D eigenvalue weighted by molar-refractivity contribution is 5.92. The first-order chi connectivity index (χ1) is 13.9. The van der Waals surface area contributed by atoms with Crippen molar-refractivity contribution in [2.45, 2.75) is 50.1 Å². The third-order valence-corrected chi connectivity index (χ3v) is 7.12. The maximum Gasteiger partial charge on any atom is 0.247 e. The summed E-state index contributed by atoms with van der Waals surface area (Å²) in [6.07, 6.45) is 8.90. The number of hydrogen-bond acceptors (Lipinski definition) is 2. The van der Waals surface area contributed by atoms with E-state index in [4.69, 9.17) is 0 Å². The normalized spacial score (nSPS) is 24.7. The van der Waals surface area contributed by atoms with Crippen LogP contribution in [-0.4, -0.2) is 42.4 Å². The molecule has 0 aliphatic heterocycles. The molecule has 3 heteroatoms. The Hall–Kier alpha value is -2.39. The fourth-order valence-electron chi connectivity index (χ4n) is 4.87. The third kappa shape index (κ3) is 4.30. The molecule has 0 N–H and O–H groups in total. The molecule has 0 heterocycles. The van der Waals surface area contributed by atoms with Gasteiger partial charge < -0.3 is 9.80 Å². The minimum absolute atomic E-state index is 0.0616. The maximum atomic E-state index is 13.2. The van der Waals surface area contributed by atoms with Gasteiger partial charge in [-0.05, 0) is 63.4 Å². The van der Waals surface area contributed by atoms with Gasteiger partial charge >= 0.3 is 0 Å². The summed E-state index contributed by atoms with van der Waals surface area (Å²) >= 11 is 0. The van der Waals surface area contributed by atoms with Gasteiger partial charge in [0, 0.05) is 18.7 Å². The Morgan fingerprint density at radius 1 is 0.897 bits per heavy atom. The van der Waals surface area contributed by atoms with Crippen LogP contribution in [0, 0.1) is 0 Å². The molecule has 1 saturated carbocycles. The fraction of sp³-hybridized carbons (Fsp3) is 0.423. The van der Waals surface area contributed by atoms with Crippen molar-refractivity contribution in [1.82, 2.24) is 9.80 Å². The van der Waals surface area contributed by atoms with Crippen molar-refractivity contribution in [3.63, 3.8) is 0 Å². The second-order valence-electron chi connectivity index (χ2n) is 8.51. The predicted molar refractivity (Wildman–Crippen MR) is 122 cm³/mol. The van der Waals surface area contributed by atoms with Crippen LogP contribution < -0.4 is 0 Å². The molecule has 0 radical (unpaired) electrons. The SMILES string of the molecule is CCC1(N(C)C)CCC(c2ccccc2)(N(C)C(=O)/C=C/c2ccccc2)CC1. The summed E-state index contributed by atoms with van der Waals surface area (Å²) in [4.78, 5) is 17.6. The number of rotatable bonds is 6. The van der Waals surface area contributed by atoms with Gasteiger partial charge in [0.25, 0.3) is 0 Å². The molecule has 2 aromatic rings. The van der Waals surface area contributed by atoms with Gasteiger partial charge in [-0.15, -0.1) is 0 Å². The highest BCUT2D eigenvalue weighted by Gasteiger charge is 2.47. The minimum Gasteiger partial charge on any atom is -0.332 e. The molecule has 1 fully saturated rings. The second-order valence-corrected chi connectivity index (χ2v) is 8.51. The number of amides is 1. The number of hydrogen-bond donors (Lipinski definition) is 0. The van der Waals surface area contributed by atoms with E-state index in [0.29, 0.717) is 0 Å². The quantitative estimate of drug-likeness (QED) is 0.622. The lowest BCUT2D eigenvalue weighted by atomic mass is 9.67. The molecule has 0 bridgehead atoms. The summed E-state index contributed by atoms with van der Waals surface area (Å²) in [7, 11) is 6.35. The van der Waals surface area contributed by atoms with E-state index in [9.17, 15) is 4.79 Å². The Balaban J connectivity index is 1.89. The van der Waals surface area contributed by atoms with Crippen LogP contribution in [0.5, 0.6) is 0 Å². The van der Waals surface area contributed by atoms with E-state index in [1.165, 1.54) is 5.56 Å². The molecule has 154 valence electrons. The van der Waals surface area contributed by atoms with Gasteiger partial charge in [0.05, 0.1) is 5.54 Å². The molecule has 0 unspecified atom stereocenters. The summed E-state index contributed by atoms with van der Waals surface area (Å²) in [5.74, 6) is 0.0616. The number of nitrogens with zero attached hydrogens (tertiary/aromatic N) is 2. The van der Waals surface area contributed by atoms with E-state index in [-0.39, 0.29) is 17.0 Å². The van der Waals surface area contributed by atoms with Crippen molar-refractivity contribution >= 4 is 12.0 Å². The summed E-state index contributed by atoms with van der Waals surface area (Å²) in [5.41, 5.74) is 2.26. The Labute approximate surface area is 176 Å². The fourth-order valence-corrected chi connectivity index (χ4v) is 4.87. The molecule has 0 spiro atoms. The van der Waals surface area contributed by atoms with Crippen LogP contribution in [-0.2, 0) is 10.3 Å². The Bertz CT molecular complexity index is 818. The van der Waals surface area contributed by atoms with Crippen LogP contribution in [0.4, 0.5) is 0 Å². The van der Waals surface area contributed by atoms with Crippen LogP contribution in [0.1, 0.15) is 50.2 Å². The van der Waals surface area contributed by atoms with Crippen molar-refractivity contribution in [2.75, 3.05) is 21.1 Å². The molecule has 29 heavy (non-hydrogen) atoms. The number of benzene rings is 2. The monoisotopic (exact) mass is 390 g/mol. The topological polar surface area (TPSA) is 23.6 Å². The molecular weight excluding hydrogens is 356 g/mol.